The van der Waals surface area contributed by atoms with Gasteiger partial charge in [0.2, 0.25) is 11.8 Å². The van der Waals surface area contributed by atoms with Crippen LogP contribution >= 0.6 is 46.6 Å². The number of carbonyl (C=O) groups is 2. The van der Waals surface area contributed by atoms with Gasteiger partial charge in [0.25, 0.3) is 0 Å². The first-order valence-corrected chi connectivity index (χ1v) is 12.9. The highest BCUT2D eigenvalue weighted by Gasteiger charge is 2.29. The third-order valence-corrected chi connectivity index (χ3v) is 7.64. The van der Waals surface area contributed by atoms with Crippen molar-refractivity contribution in [1.29, 1.82) is 0 Å². The molecule has 1 N–H and O–H groups in total. The standard InChI is InChI=1S/C24H27Cl3N2O2S/c1-16(24(31)28-18-6-3-2-4-7-18)29(14-20-21(26)8-5-9-22(20)27)23(30)15-32-19-12-10-17(25)11-13-19/h5,8-13,16,18H,2-4,6-7,14-15H2,1H3,(H,28,31)/t16-/m1/s1. The van der Waals surface area contributed by atoms with Crippen LogP contribution in [0.15, 0.2) is 47.4 Å². The SMILES string of the molecule is C[C@H](C(=O)NC1CCCCC1)N(Cc1c(Cl)cccc1Cl)C(=O)CSc1ccc(Cl)cc1. The second-order valence-electron chi connectivity index (χ2n) is 7.98. The second kappa shape index (κ2) is 12.2. The largest absolute Gasteiger partial charge is 0.352 e. The normalized spacial score (nSPS) is 15.2. The van der Waals surface area contributed by atoms with E-state index in [9.17, 15) is 9.59 Å². The Morgan fingerprint density at radius 2 is 1.66 bits per heavy atom. The molecule has 1 saturated carbocycles. The maximum Gasteiger partial charge on any atom is 0.242 e. The van der Waals surface area contributed by atoms with Crippen molar-refractivity contribution in [1.82, 2.24) is 10.2 Å². The fraction of sp³-hybridized carbons (Fsp3) is 0.417. The van der Waals surface area contributed by atoms with E-state index in [1.165, 1.54) is 18.2 Å². The van der Waals surface area contributed by atoms with Crippen molar-refractivity contribution in [2.24, 2.45) is 0 Å². The molecule has 1 aliphatic carbocycles. The number of amides is 2. The molecule has 0 radical (unpaired) electrons. The van der Waals surface area contributed by atoms with Crippen molar-refractivity contribution in [3.63, 3.8) is 0 Å². The Bertz CT molecular complexity index is 913. The zero-order valence-corrected chi connectivity index (χ0v) is 21.0. The molecule has 172 valence electrons. The van der Waals surface area contributed by atoms with Gasteiger partial charge in [0.1, 0.15) is 6.04 Å². The van der Waals surface area contributed by atoms with Crippen molar-refractivity contribution in [3.05, 3.63) is 63.1 Å². The fourth-order valence-electron chi connectivity index (χ4n) is 3.76. The average molecular weight is 514 g/mol. The van der Waals surface area contributed by atoms with Crippen LogP contribution in [0.4, 0.5) is 0 Å². The molecule has 0 saturated heterocycles. The summed E-state index contributed by atoms with van der Waals surface area (Å²) in [5, 5.41) is 4.72. The van der Waals surface area contributed by atoms with Crippen LogP contribution in [0.5, 0.6) is 0 Å². The van der Waals surface area contributed by atoms with E-state index in [4.69, 9.17) is 34.8 Å². The number of halogens is 3. The van der Waals surface area contributed by atoms with Crippen molar-refractivity contribution in [2.45, 2.75) is 62.6 Å². The molecule has 1 fully saturated rings. The van der Waals surface area contributed by atoms with Crippen molar-refractivity contribution in [3.8, 4) is 0 Å². The number of carbonyl (C=O) groups excluding carboxylic acids is 2. The minimum atomic E-state index is -0.650. The molecule has 0 spiro atoms. The highest BCUT2D eigenvalue weighted by molar-refractivity contribution is 8.00. The maximum atomic E-state index is 13.3. The number of rotatable bonds is 8. The lowest BCUT2D eigenvalue weighted by Gasteiger charge is -2.31. The third kappa shape index (κ3) is 7.05. The summed E-state index contributed by atoms with van der Waals surface area (Å²) in [4.78, 5) is 28.8. The van der Waals surface area contributed by atoms with Crippen LogP contribution in [-0.4, -0.2) is 34.6 Å². The van der Waals surface area contributed by atoms with Gasteiger partial charge in [-0.3, -0.25) is 9.59 Å². The van der Waals surface area contributed by atoms with E-state index in [1.54, 1.807) is 42.2 Å². The Morgan fingerprint density at radius 3 is 2.28 bits per heavy atom. The molecule has 0 bridgehead atoms. The van der Waals surface area contributed by atoms with Crippen LogP contribution in [0.25, 0.3) is 0 Å². The van der Waals surface area contributed by atoms with Gasteiger partial charge < -0.3 is 10.2 Å². The topological polar surface area (TPSA) is 49.4 Å². The predicted octanol–water partition coefficient (Wildman–Crippen LogP) is 6.61. The van der Waals surface area contributed by atoms with Crippen LogP contribution in [0.2, 0.25) is 15.1 Å². The van der Waals surface area contributed by atoms with Crippen molar-refractivity contribution >= 4 is 58.4 Å². The van der Waals surface area contributed by atoms with Crippen LogP contribution < -0.4 is 5.32 Å². The molecule has 0 aromatic heterocycles. The Balaban J connectivity index is 1.75. The minimum Gasteiger partial charge on any atom is -0.352 e. The first-order chi connectivity index (χ1) is 15.3. The minimum absolute atomic E-state index is 0.148. The van der Waals surface area contributed by atoms with Crippen LogP contribution in [-0.2, 0) is 16.1 Å². The fourth-order valence-corrected chi connectivity index (χ4v) is 5.19. The van der Waals surface area contributed by atoms with E-state index < -0.39 is 6.04 Å². The first-order valence-electron chi connectivity index (χ1n) is 10.8. The summed E-state index contributed by atoms with van der Waals surface area (Å²) < 4.78 is 0. The lowest BCUT2D eigenvalue weighted by Crippen LogP contribution is -2.50. The van der Waals surface area contributed by atoms with E-state index in [-0.39, 0.29) is 30.2 Å². The molecule has 3 rings (SSSR count). The number of nitrogens with one attached hydrogen (secondary N) is 1. The molecule has 4 nitrogen and oxygen atoms in total. The van der Waals surface area contributed by atoms with Gasteiger partial charge in [-0.05, 0) is 56.2 Å². The van der Waals surface area contributed by atoms with Gasteiger partial charge in [-0.1, -0.05) is 60.1 Å². The molecule has 8 heteroatoms. The Kier molecular flexibility index (Phi) is 9.60. The van der Waals surface area contributed by atoms with Gasteiger partial charge in [-0.25, -0.2) is 0 Å². The Morgan fingerprint density at radius 1 is 1.03 bits per heavy atom. The van der Waals surface area contributed by atoms with Crippen LogP contribution in [0.1, 0.15) is 44.6 Å². The van der Waals surface area contributed by atoms with E-state index in [0.717, 1.165) is 30.6 Å². The van der Waals surface area contributed by atoms with Gasteiger partial charge in [0.05, 0.1) is 5.75 Å². The molecule has 2 aromatic rings. The van der Waals surface area contributed by atoms with Crippen LogP contribution in [0, 0.1) is 0 Å². The summed E-state index contributed by atoms with van der Waals surface area (Å²) in [6.07, 6.45) is 5.41. The molecule has 1 atom stereocenters. The summed E-state index contributed by atoms with van der Waals surface area (Å²) in [5.74, 6) is -0.123. The zero-order valence-electron chi connectivity index (χ0n) is 18.0. The highest BCUT2D eigenvalue weighted by atomic mass is 35.5. The van der Waals surface area contributed by atoms with E-state index in [1.807, 2.05) is 12.1 Å². The molecule has 0 heterocycles. The molecule has 0 unspecified atom stereocenters. The van der Waals surface area contributed by atoms with E-state index in [0.29, 0.717) is 20.6 Å². The smallest absolute Gasteiger partial charge is 0.242 e. The number of thioether (sulfide) groups is 1. The maximum absolute atomic E-state index is 13.3. The molecule has 1 aliphatic rings. The van der Waals surface area contributed by atoms with Crippen molar-refractivity contribution < 1.29 is 9.59 Å². The summed E-state index contributed by atoms with van der Waals surface area (Å²) in [5.41, 5.74) is 0.637. The molecule has 0 aliphatic heterocycles. The van der Waals surface area contributed by atoms with Gasteiger partial charge in [0.15, 0.2) is 0 Å². The molecular weight excluding hydrogens is 487 g/mol. The predicted molar refractivity (Wildman–Crippen MR) is 134 cm³/mol. The van der Waals surface area contributed by atoms with Crippen LogP contribution in [0.3, 0.4) is 0 Å². The second-order valence-corrected chi connectivity index (χ2v) is 10.3. The lowest BCUT2D eigenvalue weighted by molar-refractivity contribution is -0.139. The van der Waals surface area contributed by atoms with E-state index >= 15 is 0 Å². The quantitative estimate of drug-likeness (QED) is 0.404. The van der Waals surface area contributed by atoms with Gasteiger partial charge >= 0.3 is 0 Å². The van der Waals surface area contributed by atoms with E-state index in [2.05, 4.69) is 5.32 Å². The number of hydrogen-bond donors (Lipinski definition) is 1. The summed E-state index contributed by atoms with van der Waals surface area (Å²) in [6.45, 7) is 1.92. The summed E-state index contributed by atoms with van der Waals surface area (Å²) >= 11 is 20.1. The average Bonchev–Trinajstić information content (AvgIpc) is 2.78. The first kappa shape index (κ1) is 25.2. The zero-order chi connectivity index (χ0) is 23.1. The number of nitrogens with zero attached hydrogens (tertiary/aromatic N) is 1. The Hall–Kier alpha value is -1.40. The Labute approximate surface area is 209 Å². The van der Waals surface area contributed by atoms with Gasteiger partial charge in [-0.15, -0.1) is 11.8 Å². The monoisotopic (exact) mass is 512 g/mol. The summed E-state index contributed by atoms with van der Waals surface area (Å²) in [6, 6.07) is 12.1. The molecule has 32 heavy (non-hydrogen) atoms. The van der Waals surface area contributed by atoms with Gasteiger partial charge in [0, 0.05) is 38.1 Å². The third-order valence-electron chi connectivity index (χ3n) is 5.68. The number of benzene rings is 2. The summed E-state index contributed by atoms with van der Waals surface area (Å²) in [7, 11) is 0. The number of hydrogen-bond acceptors (Lipinski definition) is 3. The van der Waals surface area contributed by atoms with Gasteiger partial charge in [-0.2, -0.15) is 0 Å². The highest BCUT2D eigenvalue weighted by Crippen LogP contribution is 2.28. The molecule has 2 aromatic carbocycles. The molecular formula is C24H27Cl3N2O2S. The van der Waals surface area contributed by atoms with Crippen molar-refractivity contribution in [2.75, 3.05) is 5.75 Å². The lowest BCUT2D eigenvalue weighted by atomic mass is 9.95. The molecule has 2 amide bonds.